The molecule has 0 spiro atoms. The second kappa shape index (κ2) is 13.1. The predicted octanol–water partition coefficient (Wildman–Crippen LogP) is 2.43. The molecular weight excluding hydrogens is 456 g/mol. The van der Waals surface area contributed by atoms with Crippen molar-refractivity contribution in [1.29, 1.82) is 0 Å². The largest absolute Gasteiger partial charge is 0.462 e. The van der Waals surface area contributed by atoms with Crippen LogP contribution in [0.1, 0.15) is 40.0 Å². The van der Waals surface area contributed by atoms with Gasteiger partial charge in [0.15, 0.2) is 0 Å². The average Bonchev–Trinajstić information content (AvgIpc) is 2.79. The lowest BCUT2D eigenvalue weighted by molar-refractivity contribution is -0.159. The van der Waals surface area contributed by atoms with Gasteiger partial charge >= 0.3 is 24.0 Å². The van der Waals surface area contributed by atoms with Crippen molar-refractivity contribution >= 4 is 24.0 Å². The summed E-state index contributed by atoms with van der Waals surface area (Å²) in [4.78, 5) is 47.5. The van der Waals surface area contributed by atoms with Gasteiger partial charge in [0.05, 0.1) is 0 Å². The molecule has 0 aromatic heterocycles. The third-order valence-corrected chi connectivity index (χ3v) is 5.71. The second-order valence-electron chi connectivity index (χ2n) is 10.2. The lowest BCUT2D eigenvalue weighted by Crippen LogP contribution is -2.48. The summed E-state index contributed by atoms with van der Waals surface area (Å²) in [7, 11) is 0. The maximum atomic E-state index is 12.6. The molecular formula is C25H38N2O8. The number of hydrogen-bond acceptors (Lipinski definition) is 9. The Bertz CT molecular complexity index is 762. The van der Waals surface area contributed by atoms with Crippen LogP contribution in [0.5, 0.6) is 0 Å². The van der Waals surface area contributed by atoms with Crippen molar-refractivity contribution < 1.29 is 38.1 Å². The molecule has 35 heavy (non-hydrogen) atoms. The zero-order valence-electron chi connectivity index (χ0n) is 20.9. The molecule has 0 aliphatic heterocycles. The average molecular weight is 495 g/mol. The zero-order valence-corrected chi connectivity index (χ0v) is 20.9. The third-order valence-electron chi connectivity index (χ3n) is 5.71. The number of nitrogens with two attached hydrogens (primary N) is 1. The summed E-state index contributed by atoms with van der Waals surface area (Å²) in [5, 5.41) is 2.76. The maximum absolute atomic E-state index is 12.6. The third kappa shape index (κ3) is 10.8. The molecule has 10 nitrogen and oxygen atoms in total. The first-order valence-electron chi connectivity index (χ1n) is 11.3. The SMILES string of the molecule is C=CC(=O)OCC(COC(=O)C=C)(COC(=O)C=C)COC(=O)NCC1(C)CC(N)CC(C)(C)C1. The lowest BCUT2D eigenvalue weighted by Gasteiger charge is -2.45. The monoisotopic (exact) mass is 494 g/mol. The van der Waals surface area contributed by atoms with E-state index in [1.54, 1.807) is 0 Å². The summed E-state index contributed by atoms with van der Waals surface area (Å²) >= 11 is 0. The molecule has 1 aliphatic rings. The van der Waals surface area contributed by atoms with Gasteiger partial charge in [-0.3, -0.25) is 0 Å². The van der Waals surface area contributed by atoms with Gasteiger partial charge in [0.1, 0.15) is 31.8 Å². The highest BCUT2D eigenvalue weighted by atomic mass is 16.6. The Morgan fingerprint density at radius 3 is 1.69 bits per heavy atom. The minimum atomic E-state index is -1.38. The van der Waals surface area contributed by atoms with Gasteiger partial charge < -0.3 is 30.0 Å². The van der Waals surface area contributed by atoms with Crippen LogP contribution in [0.4, 0.5) is 4.79 Å². The van der Waals surface area contributed by atoms with Crippen molar-refractivity contribution in [3.05, 3.63) is 38.0 Å². The summed E-state index contributed by atoms with van der Waals surface area (Å²) < 4.78 is 20.7. The van der Waals surface area contributed by atoms with Crippen LogP contribution in [-0.2, 0) is 33.3 Å². The highest BCUT2D eigenvalue weighted by Crippen LogP contribution is 2.45. The van der Waals surface area contributed by atoms with Crippen LogP contribution in [0.2, 0.25) is 0 Å². The highest BCUT2D eigenvalue weighted by molar-refractivity contribution is 5.82. The molecule has 1 rings (SSSR count). The van der Waals surface area contributed by atoms with Gasteiger partial charge in [-0.05, 0) is 30.1 Å². The number of nitrogens with one attached hydrogen (secondary N) is 1. The summed E-state index contributed by atoms with van der Waals surface area (Å²) in [5.74, 6) is -2.27. The number of esters is 3. The molecule has 2 atom stereocenters. The molecule has 0 radical (unpaired) electrons. The fourth-order valence-electron chi connectivity index (χ4n) is 4.50. The predicted molar refractivity (Wildman–Crippen MR) is 129 cm³/mol. The van der Waals surface area contributed by atoms with E-state index < -0.39 is 29.4 Å². The maximum Gasteiger partial charge on any atom is 0.407 e. The first kappa shape index (κ1) is 29.9. The summed E-state index contributed by atoms with van der Waals surface area (Å²) in [6.07, 6.45) is 4.65. The number of amides is 1. The van der Waals surface area contributed by atoms with Crippen LogP contribution >= 0.6 is 0 Å². The van der Waals surface area contributed by atoms with Crippen LogP contribution in [0, 0.1) is 16.2 Å². The Morgan fingerprint density at radius 2 is 1.29 bits per heavy atom. The molecule has 10 heteroatoms. The van der Waals surface area contributed by atoms with Crippen LogP contribution in [0.15, 0.2) is 38.0 Å². The van der Waals surface area contributed by atoms with Gasteiger partial charge in [0.25, 0.3) is 0 Å². The molecule has 0 bridgehead atoms. The van der Waals surface area contributed by atoms with Crippen LogP contribution in [0.3, 0.4) is 0 Å². The van der Waals surface area contributed by atoms with Crippen LogP contribution in [0.25, 0.3) is 0 Å². The molecule has 2 unspecified atom stereocenters. The topological polar surface area (TPSA) is 143 Å². The Labute approximate surface area is 206 Å². The van der Waals surface area contributed by atoms with E-state index in [2.05, 4.69) is 45.8 Å². The number of alkyl carbamates (subject to hydrolysis) is 1. The number of carbonyl (C=O) groups excluding carboxylic acids is 4. The molecule has 0 heterocycles. The van der Waals surface area contributed by atoms with E-state index in [0.29, 0.717) is 6.54 Å². The van der Waals surface area contributed by atoms with Gasteiger partial charge in [0, 0.05) is 30.8 Å². The van der Waals surface area contributed by atoms with Crippen molar-refractivity contribution in [2.45, 2.75) is 46.1 Å². The summed E-state index contributed by atoms with van der Waals surface area (Å²) in [5.41, 5.74) is 4.68. The van der Waals surface area contributed by atoms with Crippen molar-refractivity contribution in [2.75, 3.05) is 33.0 Å². The van der Waals surface area contributed by atoms with Gasteiger partial charge in [-0.25, -0.2) is 19.2 Å². The van der Waals surface area contributed by atoms with Crippen molar-refractivity contribution in [3.63, 3.8) is 0 Å². The van der Waals surface area contributed by atoms with Gasteiger partial charge in [-0.15, -0.1) is 0 Å². The minimum Gasteiger partial charge on any atom is -0.462 e. The smallest absolute Gasteiger partial charge is 0.407 e. The first-order valence-corrected chi connectivity index (χ1v) is 11.3. The number of ether oxygens (including phenoxy) is 4. The van der Waals surface area contributed by atoms with Crippen molar-refractivity contribution in [1.82, 2.24) is 5.32 Å². The Hall–Kier alpha value is -3.14. The molecule has 1 fully saturated rings. The standard InChI is InChI=1S/C25H38N2O8/c1-7-19(28)32-14-25(15-33-20(29)8-2,16-34-21(30)9-3)17-35-22(31)27-13-24(6)11-18(26)10-23(4,5)12-24/h7-9,18H,1-3,10-17,26H2,4-6H3,(H,27,31). The van der Waals surface area contributed by atoms with Gasteiger partial charge in [0.2, 0.25) is 0 Å². The molecule has 196 valence electrons. The fourth-order valence-corrected chi connectivity index (χ4v) is 4.50. The molecule has 1 saturated carbocycles. The second-order valence-corrected chi connectivity index (χ2v) is 10.2. The van der Waals surface area contributed by atoms with Gasteiger partial charge in [-0.1, -0.05) is 40.5 Å². The molecule has 1 amide bonds. The van der Waals surface area contributed by atoms with Crippen LogP contribution in [-0.4, -0.2) is 63.0 Å². The molecule has 0 aromatic carbocycles. The Morgan fingerprint density at radius 1 is 0.857 bits per heavy atom. The quantitative estimate of drug-likeness (QED) is 0.224. The lowest BCUT2D eigenvalue weighted by atomic mass is 9.63. The zero-order chi connectivity index (χ0) is 26.7. The van der Waals surface area contributed by atoms with Crippen molar-refractivity contribution in [2.24, 2.45) is 22.0 Å². The summed E-state index contributed by atoms with van der Waals surface area (Å²) in [6.45, 7) is 15.1. The highest BCUT2D eigenvalue weighted by Gasteiger charge is 2.41. The Balaban J connectivity index is 2.92. The Kier molecular flexibility index (Phi) is 11.2. The van der Waals surface area contributed by atoms with E-state index in [9.17, 15) is 19.2 Å². The normalized spacial score (nSPS) is 21.1. The number of rotatable bonds is 13. The molecule has 1 aliphatic carbocycles. The van der Waals surface area contributed by atoms with E-state index in [0.717, 1.165) is 37.5 Å². The van der Waals surface area contributed by atoms with Crippen molar-refractivity contribution in [3.8, 4) is 0 Å². The molecule has 0 aromatic rings. The minimum absolute atomic E-state index is 0.0351. The van der Waals surface area contributed by atoms with E-state index in [4.69, 9.17) is 24.7 Å². The van der Waals surface area contributed by atoms with Gasteiger partial charge in [-0.2, -0.15) is 0 Å². The van der Waals surface area contributed by atoms with E-state index in [1.807, 2.05) is 0 Å². The number of carbonyl (C=O) groups is 4. The van der Waals surface area contributed by atoms with E-state index in [1.165, 1.54) is 0 Å². The summed E-state index contributed by atoms with van der Waals surface area (Å²) in [6, 6.07) is 0.0351. The molecule has 0 saturated heterocycles. The van der Waals surface area contributed by atoms with E-state index in [-0.39, 0.29) is 43.3 Å². The first-order chi connectivity index (χ1) is 16.3. The van der Waals surface area contributed by atoms with Crippen LogP contribution < -0.4 is 11.1 Å². The molecule has 3 N–H and O–H groups in total. The fraction of sp³-hybridized carbons (Fsp3) is 0.600. The number of hydrogen-bond donors (Lipinski definition) is 2. The van der Waals surface area contributed by atoms with E-state index >= 15 is 0 Å².